The molecule has 140 valence electrons. The van der Waals surface area contributed by atoms with Crippen molar-refractivity contribution in [2.75, 3.05) is 11.9 Å². The lowest BCUT2D eigenvalue weighted by atomic mass is 10.1. The molecule has 3 heterocycles. The fourth-order valence-electron chi connectivity index (χ4n) is 3.47. The van der Waals surface area contributed by atoms with E-state index in [-0.39, 0.29) is 37.1 Å². The van der Waals surface area contributed by atoms with Crippen molar-refractivity contribution in [2.45, 2.75) is 38.2 Å². The smallest absolute Gasteiger partial charge is 0.245 e. The quantitative estimate of drug-likeness (QED) is 0.818. The second-order valence-corrected chi connectivity index (χ2v) is 7.88. The van der Waals surface area contributed by atoms with Crippen molar-refractivity contribution in [3.63, 3.8) is 0 Å². The normalized spacial score (nSPS) is 16.1. The number of rotatable bonds is 4. The number of imide groups is 1. The van der Waals surface area contributed by atoms with Crippen LogP contribution in [0.15, 0.2) is 18.2 Å². The molecule has 1 fully saturated rings. The summed E-state index contributed by atoms with van der Waals surface area (Å²) in [7, 11) is 0. The van der Waals surface area contributed by atoms with E-state index in [1.807, 2.05) is 26.0 Å². The number of aryl methyl sites for hydroxylation is 2. The molecule has 3 amide bonds. The van der Waals surface area contributed by atoms with Gasteiger partial charge in [0.25, 0.3) is 0 Å². The SMILES string of the molecule is Cc1ccc(-n2nc3c(c2NC(=O)CN2C(=O)CCC2=O)CSC3)c(C)c1. The number of fused-ring (bicyclic) bond motifs is 1. The first-order chi connectivity index (χ1) is 12.9. The number of aromatic nitrogens is 2. The first-order valence-electron chi connectivity index (χ1n) is 8.83. The largest absolute Gasteiger partial charge is 0.309 e. The molecule has 0 saturated carbocycles. The summed E-state index contributed by atoms with van der Waals surface area (Å²) in [5, 5.41) is 7.60. The third kappa shape index (κ3) is 3.25. The number of amides is 3. The highest BCUT2D eigenvalue weighted by atomic mass is 32.2. The zero-order chi connectivity index (χ0) is 19.1. The van der Waals surface area contributed by atoms with Crippen LogP contribution in [-0.4, -0.2) is 38.9 Å². The predicted molar refractivity (Wildman–Crippen MR) is 103 cm³/mol. The van der Waals surface area contributed by atoms with Gasteiger partial charge in [-0.3, -0.25) is 19.3 Å². The van der Waals surface area contributed by atoms with E-state index in [0.29, 0.717) is 5.82 Å². The second-order valence-electron chi connectivity index (χ2n) is 6.89. The van der Waals surface area contributed by atoms with Crippen LogP contribution in [0, 0.1) is 13.8 Å². The summed E-state index contributed by atoms with van der Waals surface area (Å²) in [6.07, 6.45) is 0.358. The van der Waals surface area contributed by atoms with Crippen LogP contribution in [0.2, 0.25) is 0 Å². The average Bonchev–Trinajstić information content (AvgIpc) is 3.28. The molecule has 0 radical (unpaired) electrons. The summed E-state index contributed by atoms with van der Waals surface area (Å²) in [6, 6.07) is 6.07. The van der Waals surface area contributed by atoms with Crippen LogP contribution in [-0.2, 0) is 25.9 Å². The Balaban J connectivity index is 1.65. The van der Waals surface area contributed by atoms with Crippen molar-refractivity contribution in [1.82, 2.24) is 14.7 Å². The molecule has 2 aromatic rings. The van der Waals surface area contributed by atoms with Crippen molar-refractivity contribution >= 4 is 35.3 Å². The number of benzene rings is 1. The Kier molecular flexibility index (Phi) is 4.51. The Hall–Kier alpha value is -2.61. The van der Waals surface area contributed by atoms with E-state index in [1.54, 1.807) is 16.4 Å². The summed E-state index contributed by atoms with van der Waals surface area (Å²) >= 11 is 1.75. The van der Waals surface area contributed by atoms with Gasteiger partial charge in [-0.25, -0.2) is 4.68 Å². The van der Waals surface area contributed by atoms with Crippen molar-refractivity contribution in [1.29, 1.82) is 0 Å². The average molecular weight is 384 g/mol. The Labute approximate surface area is 161 Å². The van der Waals surface area contributed by atoms with Crippen molar-refractivity contribution < 1.29 is 14.4 Å². The number of carbonyl (C=O) groups is 3. The van der Waals surface area contributed by atoms with Crippen LogP contribution >= 0.6 is 11.8 Å². The van der Waals surface area contributed by atoms with Gasteiger partial charge in [0.1, 0.15) is 12.4 Å². The highest BCUT2D eigenvalue weighted by Crippen LogP contribution is 2.36. The number of hydrogen-bond acceptors (Lipinski definition) is 5. The molecule has 1 N–H and O–H groups in total. The minimum atomic E-state index is -0.385. The molecule has 1 saturated heterocycles. The second kappa shape index (κ2) is 6.84. The van der Waals surface area contributed by atoms with Gasteiger partial charge in [-0.2, -0.15) is 16.9 Å². The van der Waals surface area contributed by atoms with Gasteiger partial charge in [0, 0.05) is 29.9 Å². The molecule has 1 aromatic heterocycles. The summed E-state index contributed by atoms with van der Waals surface area (Å²) in [4.78, 5) is 37.2. The minimum Gasteiger partial charge on any atom is -0.309 e. The molecule has 4 rings (SSSR count). The number of carbonyl (C=O) groups excluding carboxylic acids is 3. The Morgan fingerprint density at radius 3 is 2.63 bits per heavy atom. The van der Waals surface area contributed by atoms with Crippen LogP contribution in [0.5, 0.6) is 0 Å². The highest BCUT2D eigenvalue weighted by molar-refractivity contribution is 7.98. The van der Waals surface area contributed by atoms with Gasteiger partial charge >= 0.3 is 0 Å². The maximum Gasteiger partial charge on any atom is 0.245 e. The van der Waals surface area contributed by atoms with E-state index in [1.165, 1.54) is 0 Å². The maximum absolute atomic E-state index is 12.6. The fraction of sp³-hybridized carbons (Fsp3) is 0.368. The maximum atomic E-state index is 12.6. The van der Waals surface area contributed by atoms with Gasteiger partial charge < -0.3 is 5.32 Å². The van der Waals surface area contributed by atoms with Crippen LogP contribution in [0.1, 0.15) is 35.2 Å². The van der Waals surface area contributed by atoms with Crippen molar-refractivity contribution in [3.05, 3.63) is 40.6 Å². The lowest BCUT2D eigenvalue weighted by Gasteiger charge is -2.16. The van der Waals surface area contributed by atoms with E-state index in [0.717, 1.165) is 44.5 Å². The number of nitrogens with zero attached hydrogens (tertiary/aromatic N) is 3. The molecule has 1 aromatic carbocycles. The zero-order valence-electron chi connectivity index (χ0n) is 15.2. The van der Waals surface area contributed by atoms with Crippen LogP contribution < -0.4 is 5.32 Å². The van der Waals surface area contributed by atoms with Gasteiger partial charge in [-0.15, -0.1) is 0 Å². The molecule has 27 heavy (non-hydrogen) atoms. The first-order valence-corrected chi connectivity index (χ1v) is 9.98. The van der Waals surface area contributed by atoms with Crippen molar-refractivity contribution in [3.8, 4) is 5.69 Å². The monoisotopic (exact) mass is 384 g/mol. The van der Waals surface area contributed by atoms with Crippen LogP contribution in [0.25, 0.3) is 5.69 Å². The third-order valence-corrected chi connectivity index (χ3v) is 5.82. The van der Waals surface area contributed by atoms with Gasteiger partial charge in [-0.05, 0) is 25.5 Å². The molecule has 0 aliphatic carbocycles. The number of anilines is 1. The molecular weight excluding hydrogens is 364 g/mol. The number of thioether (sulfide) groups is 1. The number of nitrogens with one attached hydrogen (secondary N) is 1. The zero-order valence-corrected chi connectivity index (χ0v) is 16.1. The Morgan fingerprint density at radius 2 is 1.93 bits per heavy atom. The molecule has 2 aliphatic heterocycles. The summed E-state index contributed by atoms with van der Waals surface area (Å²) < 4.78 is 1.77. The van der Waals surface area contributed by atoms with E-state index in [4.69, 9.17) is 5.10 Å². The lowest BCUT2D eigenvalue weighted by molar-refractivity contribution is -0.141. The topological polar surface area (TPSA) is 84.3 Å². The fourth-order valence-corrected chi connectivity index (χ4v) is 4.51. The van der Waals surface area contributed by atoms with E-state index in [9.17, 15) is 14.4 Å². The van der Waals surface area contributed by atoms with Gasteiger partial charge in [-0.1, -0.05) is 17.7 Å². The van der Waals surface area contributed by atoms with E-state index < -0.39 is 0 Å². The Bertz CT molecular complexity index is 950. The third-order valence-electron chi connectivity index (χ3n) is 4.85. The van der Waals surface area contributed by atoms with Crippen molar-refractivity contribution in [2.24, 2.45) is 0 Å². The first kappa shape index (κ1) is 17.8. The predicted octanol–water partition coefficient (Wildman–Crippen LogP) is 2.32. The van der Waals surface area contributed by atoms with E-state index in [2.05, 4.69) is 11.4 Å². The van der Waals surface area contributed by atoms with Crippen LogP contribution in [0.4, 0.5) is 5.82 Å². The highest BCUT2D eigenvalue weighted by Gasteiger charge is 2.31. The summed E-state index contributed by atoms with van der Waals surface area (Å²) in [6.45, 7) is 3.79. The number of hydrogen-bond donors (Lipinski definition) is 1. The molecule has 0 unspecified atom stereocenters. The molecule has 0 atom stereocenters. The molecule has 0 bridgehead atoms. The van der Waals surface area contributed by atoms with Gasteiger partial charge in [0.05, 0.1) is 11.4 Å². The number of likely N-dealkylation sites (tertiary alicyclic amines) is 1. The molecular formula is C19H20N4O3S. The summed E-state index contributed by atoms with van der Waals surface area (Å²) in [5.74, 6) is 1.24. The van der Waals surface area contributed by atoms with Gasteiger partial charge in [0.2, 0.25) is 17.7 Å². The summed E-state index contributed by atoms with van der Waals surface area (Å²) in [5.41, 5.74) is 5.09. The van der Waals surface area contributed by atoms with Gasteiger partial charge in [0.15, 0.2) is 0 Å². The minimum absolute atomic E-state index is 0.179. The standard InChI is InChI=1S/C19H20N4O3S/c1-11-3-4-15(12(2)7-11)23-19(13-9-27-10-14(13)21-23)20-16(24)8-22-17(25)5-6-18(22)26/h3-4,7H,5-6,8-10H2,1-2H3,(H,20,24). The Morgan fingerprint density at radius 1 is 1.19 bits per heavy atom. The molecule has 2 aliphatic rings. The molecule has 0 spiro atoms. The molecule has 8 heteroatoms. The van der Waals surface area contributed by atoms with E-state index >= 15 is 0 Å². The lowest BCUT2D eigenvalue weighted by Crippen LogP contribution is -2.37. The van der Waals surface area contributed by atoms with Crippen LogP contribution in [0.3, 0.4) is 0 Å². The molecule has 7 nitrogen and oxygen atoms in total.